The van der Waals surface area contributed by atoms with Crippen molar-refractivity contribution in [3.63, 3.8) is 0 Å². The Labute approximate surface area is 212 Å². The Balaban J connectivity index is 2.41. The quantitative estimate of drug-likeness (QED) is 0.495. The Morgan fingerprint density at radius 3 is 2.09 bits per heavy atom. The molecule has 0 heterocycles. The molecule has 0 unspecified atom stereocenters. The van der Waals surface area contributed by atoms with Gasteiger partial charge in [-0.25, -0.2) is 8.42 Å². The van der Waals surface area contributed by atoms with Crippen LogP contribution in [0.1, 0.15) is 38.3 Å². The second kappa shape index (κ2) is 11.9. The topological polar surface area (TPSA) is 86.8 Å². The van der Waals surface area contributed by atoms with Crippen LogP contribution in [-0.2, 0) is 26.2 Å². The van der Waals surface area contributed by atoms with Crippen molar-refractivity contribution in [1.29, 1.82) is 0 Å². The van der Waals surface area contributed by atoms with Crippen LogP contribution in [0.3, 0.4) is 0 Å². The summed E-state index contributed by atoms with van der Waals surface area (Å²) in [7, 11) is -3.86. The van der Waals surface area contributed by atoms with Gasteiger partial charge in [-0.1, -0.05) is 60.0 Å². The zero-order chi connectivity index (χ0) is 25.6. The van der Waals surface area contributed by atoms with E-state index < -0.39 is 28.5 Å². The Kier molecular flexibility index (Phi) is 9.79. The summed E-state index contributed by atoms with van der Waals surface area (Å²) in [6.07, 6.45) is 1.74. The van der Waals surface area contributed by atoms with Crippen molar-refractivity contribution in [2.24, 2.45) is 0 Å². The number of carbonyl (C=O) groups excluding carboxylic acids is 2. The molecule has 0 radical (unpaired) electrons. The van der Waals surface area contributed by atoms with Crippen LogP contribution in [0.4, 0.5) is 5.69 Å². The third-order valence-electron chi connectivity index (χ3n) is 5.46. The van der Waals surface area contributed by atoms with Gasteiger partial charge in [0.15, 0.2) is 0 Å². The molecule has 0 aliphatic carbocycles. The number of hydrogen-bond donors (Lipinski definition) is 1. The average Bonchev–Trinajstić information content (AvgIpc) is 2.74. The van der Waals surface area contributed by atoms with Gasteiger partial charge >= 0.3 is 0 Å². The molecule has 1 N–H and O–H groups in total. The number of halogens is 2. The minimum absolute atomic E-state index is 0.0626. The van der Waals surface area contributed by atoms with Crippen LogP contribution in [0.2, 0.25) is 10.0 Å². The molecule has 0 fully saturated rings. The molecule has 2 amide bonds. The third kappa shape index (κ3) is 7.89. The first-order valence-electron chi connectivity index (χ1n) is 10.9. The Morgan fingerprint density at radius 1 is 1.03 bits per heavy atom. The summed E-state index contributed by atoms with van der Waals surface area (Å²) in [5, 5.41) is 3.37. The maximum Gasteiger partial charge on any atom is 0.244 e. The Hall–Kier alpha value is -2.29. The molecule has 0 aromatic heterocycles. The molecule has 34 heavy (non-hydrogen) atoms. The predicted molar refractivity (Wildman–Crippen MR) is 138 cm³/mol. The zero-order valence-corrected chi connectivity index (χ0v) is 22.3. The van der Waals surface area contributed by atoms with Crippen LogP contribution in [0, 0.1) is 6.92 Å². The standard InChI is InChI=1S/C24H31Cl2N3O4S/c1-6-17(3)27-24(31)18(4)28(14-19-9-7-16(2)8-10-19)23(30)15-29(34(5,32)33)22-12-20(25)11-21(26)13-22/h7-13,17-18H,6,14-15H2,1-5H3,(H,27,31)/t17-,18-/m1/s1. The normalized spacial score (nSPS) is 13.1. The largest absolute Gasteiger partial charge is 0.352 e. The van der Waals surface area contributed by atoms with Gasteiger partial charge in [0.05, 0.1) is 11.9 Å². The van der Waals surface area contributed by atoms with Crippen molar-refractivity contribution in [2.45, 2.75) is 52.7 Å². The number of sulfonamides is 1. The average molecular weight is 529 g/mol. The fourth-order valence-electron chi connectivity index (χ4n) is 3.24. The van der Waals surface area contributed by atoms with Crippen LogP contribution in [-0.4, -0.2) is 50.0 Å². The number of carbonyl (C=O) groups is 2. The first-order chi connectivity index (χ1) is 15.8. The zero-order valence-electron chi connectivity index (χ0n) is 20.0. The molecule has 0 aliphatic rings. The molecular weight excluding hydrogens is 497 g/mol. The molecule has 0 saturated heterocycles. The summed E-state index contributed by atoms with van der Waals surface area (Å²) in [6, 6.07) is 11.0. The van der Waals surface area contributed by atoms with Crippen LogP contribution in [0.5, 0.6) is 0 Å². The van der Waals surface area contributed by atoms with E-state index in [1.807, 2.05) is 45.0 Å². The van der Waals surface area contributed by atoms with Gasteiger partial charge in [-0.15, -0.1) is 0 Å². The summed E-state index contributed by atoms with van der Waals surface area (Å²) in [5.74, 6) is -0.847. The van der Waals surface area contributed by atoms with E-state index in [0.29, 0.717) is 0 Å². The summed E-state index contributed by atoms with van der Waals surface area (Å²) in [6.45, 7) is 7.04. The lowest BCUT2D eigenvalue weighted by atomic mass is 10.1. The lowest BCUT2D eigenvalue weighted by Gasteiger charge is -2.32. The highest BCUT2D eigenvalue weighted by molar-refractivity contribution is 7.92. The first-order valence-corrected chi connectivity index (χ1v) is 13.5. The van der Waals surface area contributed by atoms with Gasteiger partial charge in [-0.05, 0) is 51.0 Å². The molecule has 2 aromatic rings. The fraction of sp³-hybridized carbons (Fsp3) is 0.417. The Bertz CT molecular complexity index is 1100. The second-order valence-corrected chi connectivity index (χ2v) is 11.2. The van der Waals surface area contributed by atoms with Crippen LogP contribution >= 0.6 is 23.2 Å². The van der Waals surface area contributed by atoms with Crippen molar-refractivity contribution in [1.82, 2.24) is 10.2 Å². The highest BCUT2D eigenvalue weighted by Crippen LogP contribution is 2.27. The molecule has 7 nitrogen and oxygen atoms in total. The summed E-state index contributed by atoms with van der Waals surface area (Å²) in [4.78, 5) is 27.7. The number of nitrogens with one attached hydrogen (secondary N) is 1. The van der Waals surface area contributed by atoms with Gasteiger partial charge in [-0.2, -0.15) is 0 Å². The molecule has 2 rings (SSSR count). The summed E-state index contributed by atoms with van der Waals surface area (Å²) in [5.41, 5.74) is 2.05. The van der Waals surface area contributed by atoms with Crippen molar-refractivity contribution < 1.29 is 18.0 Å². The van der Waals surface area contributed by atoms with E-state index in [4.69, 9.17) is 23.2 Å². The van der Waals surface area contributed by atoms with E-state index in [-0.39, 0.29) is 34.2 Å². The lowest BCUT2D eigenvalue weighted by molar-refractivity contribution is -0.139. The predicted octanol–water partition coefficient (Wildman–Crippen LogP) is 4.40. The van der Waals surface area contributed by atoms with Crippen LogP contribution in [0.15, 0.2) is 42.5 Å². The second-order valence-electron chi connectivity index (χ2n) is 8.40. The Morgan fingerprint density at radius 2 is 1.59 bits per heavy atom. The number of anilines is 1. The number of amides is 2. The van der Waals surface area contributed by atoms with Gasteiger partial charge in [0, 0.05) is 22.6 Å². The maximum absolute atomic E-state index is 13.5. The lowest BCUT2D eigenvalue weighted by Crippen LogP contribution is -2.52. The van der Waals surface area contributed by atoms with E-state index in [2.05, 4.69) is 5.32 Å². The van der Waals surface area contributed by atoms with Crippen LogP contribution < -0.4 is 9.62 Å². The van der Waals surface area contributed by atoms with Crippen molar-refractivity contribution in [3.05, 3.63) is 63.6 Å². The summed E-state index contributed by atoms with van der Waals surface area (Å²) < 4.78 is 26.1. The van der Waals surface area contributed by atoms with E-state index in [9.17, 15) is 18.0 Å². The molecular formula is C24H31Cl2N3O4S. The molecule has 2 aromatic carbocycles. The number of nitrogens with zero attached hydrogens (tertiary/aromatic N) is 2. The van der Waals surface area contributed by atoms with Gasteiger partial charge < -0.3 is 10.2 Å². The SMILES string of the molecule is CC[C@@H](C)NC(=O)[C@@H](C)N(Cc1ccc(C)cc1)C(=O)CN(c1cc(Cl)cc(Cl)c1)S(C)(=O)=O. The number of aryl methyl sites for hydroxylation is 1. The third-order valence-corrected chi connectivity index (χ3v) is 7.03. The smallest absolute Gasteiger partial charge is 0.244 e. The van der Waals surface area contributed by atoms with Crippen molar-refractivity contribution in [2.75, 3.05) is 17.1 Å². The molecule has 0 bridgehead atoms. The van der Waals surface area contributed by atoms with E-state index in [1.54, 1.807) is 6.92 Å². The summed E-state index contributed by atoms with van der Waals surface area (Å²) >= 11 is 12.1. The highest BCUT2D eigenvalue weighted by Gasteiger charge is 2.30. The molecule has 2 atom stereocenters. The van der Waals surface area contributed by atoms with Crippen molar-refractivity contribution >= 4 is 50.7 Å². The van der Waals surface area contributed by atoms with Gasteiger partial charge in [0.1, 0.15) is 12.6 Å². The maximum atomic E-state index is 13.5. The minimum Gasteiger partial charge on any atom is -0.352 e. The molecule has 0 saturated carbocycles. The molecule has 186 valence electrons. The molecule has 0 aliphatic heterocycles. The van der Waals surface area contributed by atoms with E-state index >= 15 is 0 Å². The van der Waals surface area contributed by atoms with Gasteiger partial charge in [0.25, 0.3) is 0 Å². The highest BCUT2D eigenvalue weighted by atomic mass is 35.5. The monoisotopic (exact) mass is 527 g/mol. The first kappa shape index (κ1) is 28.0. The fourth-order valence-corrected chi connectivity index (χ4v) is 4.58. The van der Waals surface area contributed by atoms with Gasteiger partial charge in [-0.3, -0.25) is 13.9 Å². The van der Waals surface area contributed by atoms with Gasteiger partial charge in [0.2, 0.25) is 21.8 Å². The van der Waals surface area contributed by atoms with E-state index in [1.165, 1.54) is 23.1 Å². The van der Waals surface area contributed by atoms with Crippen LogP contribution in [0.25, 0.3) is 0 Å². The van der Waals surface area contributed by atoms with Crippen molar-refractivity contribution in [3.8, 4) is 0 Å². The number of hydrogen-bond acceptors (Lipinski definition) is 4. The molecule has 0 spiro atoms. The number of benzene rings is 2. The minimum atomic E-state index is -3.86. The van der Waals surface area contributed by atoms with E-state index in [0.717, 1.165) is 28.1 Å². The molecule has 10 heteroatoms. The number of rotatable bonds is 10.